The maximum atomic E-state index is 8.61. The van der Waals surface area contributed by atoms with Gasteiger partial charge in [-0.2, -0.15) is 0 Å². The molecule has 0 radical (unpaired) electrons. The SMILES string of the molecule is Cc1ccc(Cl)cc1Oc1ccnc(C(N)=NO)c1. The van der Waals surface area contributed by atoms with E-state index in [0.29, 0.717) is 22.2 Å². The molecule has 0 bridgehead atoms. The minimum absolute atomic E-state index is 0.0757. The Bertz CT molecular complexity index is 629. The summed E-state index contributed by atoms with van der Waals surface area (Å²) >= 11 is 5.92. The first-order chi connectivity index (χ1) is 9.10. The van der Waals surface area contributed by atoms with Crippen LogP contribution >= 0.6 is 11.6 Å². The van der Waals surface area contributed by atoms with E-state index >= 15 is 0 Å². The van der Waals surface area contributed by atoms with Crippen molar-refractivity contribution in [1.29, 1.82) is 0 Å². The van der Waals surface area contributed by atoms with E-state index in [1.807, 2.05) is 13.0 Å². The highest BCUT2D eigenvalue weighted by molar-refractivity contribution is 6.30. The van der Waals surface area contributed by atoms with Gasteiger partial charge in [-0.15, -0.1) is 0 Å². The van der Waals surface area contributed by atoms with Gasteiger partial charge in [0.2, 0.25) is 0 Å². The lowest BCUT2D eigenvalue weighted by Gasteiger charge is -2.09. The van der Waals surface area contributed by atoms with Gasteiger partial charge in [0.15, 0.2) is 5.84 Å². The Morgan fingerprint density at radius 3 is 2.89 bits per heavy atom. The third kappa shape index (κ3) is 3.14. The largest absolute Gasteiger partial charge is 0.457 e. The minimum atomic E-state index is -0.0757. The number of oxime groups is 1. The number of ether oxygens (including phenoxy) is 1. The Kier molecular flexibility index (Phi) is 3.87. The molecule has 1 aromatic heterocycles. The van der Waals surface area contributed by atoms with Gasteiger partial charge in [0.1, 0.15) is 17.2 Å². The van der Waals surface area contributed by atoms with Crippen LogP contribution in [0.1, 0.15) is 11.3 Å². The number of pyridine rings is 1. The molecule has 0 unspecified atom stereocenters. The van der Waals surface area contributed by atoms with Crippen LogP contribution in [0.4, 0.5) is 0 Å². The molecule has 0 aliphatic carbocycles. The highest BCUT2D eigenvalue weighted by Gasteiger charge is 2.06. The zero-order chi connectivity index (χ0) is 13.8. The number of nitrogens with two attached hydrogens (primary N) is 1. The Balaban J connectivity index is 2.31. The molecule has 0 spiro atoms. The van der Waals surface area contributed by atoms with Crippen molar-refractivity contribution in [3.05, 3.63) is 52.8 Å². The first-order valence-corrected chi connectivity index (χ1v) is 5.86. The average Bonchev–Trinajstić information content (AvgIpc) is 2.42. The van der Waals surface area contributed by atoms with E-state index < -0.39 is 0 Å². The normalized spacial score (nSPS) is 11.4. The lowest BCUT2D eigenvalue weighted by atomic mass is 10.2. The molecular weight excluding hydrogens is 266 g/mol. The molecule has 0 atom stereocenters. The van der Waals surface area contributed by atoms with Crippen LogP contribution in [0.15, 0.2) is 41.7 Å². The number of halogens is 1. The van der Waals surface area contributed by atoms with E-state index in [1.54, 1.807) is 24.3 Å². The van der Waals surface area contributed by atoms with Gasteiger partial charge in [-0.3, -0.25) is 4.98 Å². The Morgan fingerprint density at radius 2 is 2.16 bits per heavy atom. The summed E-state index contributed by atoms with van der Waals surface area (Å²) in [6.07, 6.45) is 1.52. The molecule has 2 aromatic rings. The zero-order valence-electron chi connectivity index (χ0n) is 10.2. The highest BCUT2D eigenvalue weighted by Crippen LogP contribution is 2.27. The highest BCUT2D eigenvalue weighted by atomic mass is 35.5. The molecular formula is C13H12ClN3O2. The lowest BCUT2D eigenvalue weighted by molar-refractivity contribution is 0.318. The molecule has 0 saturated heterocycles. The van der Waals surface area contributed by atoms with E-state index in [2.05, 4.69) is 10.1 Å². The summed E-state index contributed by atoms with van der Waals surface area (Å²) in [5.41, 5.74) is 6.75. The van der Waals surface area contributed by atoms with Gasteiger partial charge in [-0.25, -0.2) is 0 Å². The van der Waals surface area contributed by atoms with Crippen molar-refractivity contribution in [2.45, 2.75) is 6.92 Å². The van der Waals surface area contributed by atoms with Crippen LogP contribution in [0, 0.1) is 6.92 Å². The Morgan fingerprint density at radius 1 is 1.37 bits per heavy atom. The van der Waals surface area contributed by atoms with Crippen molar-refractivity contribution < 1.29 is 9.94 Å². The lowest BCUT2D eigenvalue weighted by Crippen LogP contribution is -2.14. The van der Waals surface area contributed by atoms with E-state index in [1.165, 1.54) is 6.20 Å². The van der Waals surface area contributed by atoms with Crippen molar-refractivity contribution in [3.63, 3.8) is 0 Å². The molecule has 6 heteroatoms. The fraction of sp³-hybridized carbons (Fsp3) is 0.0769. The van der Waals surface area contributed by atoms with Gasteiger partial charge < -0.3 is 15.7 Å². The molecule has 1 aromatic carbocycles. The van der Waals surface area contributed by atoms with Crippen LogP contribution in [-0.4, -0.2) is 16.0 Å². The van der Waals surface area contributed by atoms with E-state index in [4.69, 9.17) is 27.3 Å². The predicted octanol–water partition coefficient (Wildman–Crippen LogP) is 2.93. The standard InChI is InChI=1S/C13H12ClN3O2/c1-8-2-3-9(14)6-12(8)19-10-4-5-16-11(7-10)13(15)17-18/h2-7,18H,1H3,(H2,15,17). The number of amidine groups is 1. The molecule has 0 saturated carbocycles. The van der Waals surface area contributed by atoms with Gasteiger partial charge in [-0.05, 0) is 30.7 Å². The summed E-state index contributed by atoms with van der Waals surface area (Å²) in [5.74, 6) is 1.10. The number of aromatic nitrogens is 1. The van der Waals surface area contributed by atoms with Crippen LogP contribution in [0.25, 0.3) is 0 Å². The van der Waals surface area contributed by atoms with Gasteiger partial charge in [-0.1, -0.05) is 22.8 Å². The second-order valence-corrected chi connectivity index (χ2v) is 4.31. The van der Waals surface area contributed by atoms with Gasteiger partial charge in [0.25, 0.3) is 0 Å². The van der Waals surface area contributed by atoms with E-state index in [9.17, 15) is 0 Å². The van der Waals surface area contributed by atoms with E-state index in [-0.39, 0.29) is 5.84 Å². The quantitative estimate of drug-likeness (QED) is 0.391. The number of hydrogen-bond donors (Lipinski definition) is 2. The summed E-state index contributed by atoms with van der Waals surface area (Å²) < 4.78 is 5.71. The van der Waals surface area contributed by atoms with Crippen molar-refractivity contribution in [2.24, 2.45) is 10.9 Å². The molecule has 0 amide bonds. The van der Waals surface area contributed by atoms with Crippen LogP contribution in [-0.2, 0) is 0 Å². The van der Waals surface area contributed by atoms with Gasteiger partial charge in [0.05, 0.1) is 0 Å². The maximum Gasteiger partial charge on any atom is 0.188 e. The summed E-state index contributed by atoms with van der Waals surface area (Å²) in [6.45, 7) is 1.91. The third-order valence-corrected chi connectivity index (χ3v) is 2.71. The van der Waals surface area contributed by atoms with Crippen molar-refractivity contribution >= 4 is 17.4 Å². The Labute approximate surface area is 115 Å². The van der Waals surface area contributed by atoms with Crippen LogP contribution in [0.3, 0.4) is 0 Å². The molecule has 19 heavy (non-hydrogen) atoms. The monoisotopic (exact) mass is 277 g/mol. The summed E-state index contributed by atoms with van der Waals surface area (Å²) in [6, 6.07) is 8.63. The Hall–Kier alpha value is -2.27. The number of hydrogen-bond acceptors (Lipinski definition) is 4. The van der Waals surface area contributed by atoms with Crippen LogP contribution in [0.2, 0.25) is 5.02 Å². The number of nitrogens with zero attached hydrogens (tertiary/aromatic N) is 2. The fourth-order valence-electron chi connectivity index (χ4n) is 1.48. The van der Waals surface area contributed by atoms with Crippen molar-refractivity contribution in [2.75, 3.05) is 0 Å². The molecule has 2 rings (SSSR count). The second kappa shape index (κ2) is 5.58. The molecule has 0 aliphatic heterocycles. The first kappa shape index (κ1) is 13.2. The summed E-state index contributed by atoms with van der Waals surface area (Å²) in [5, 5.41) is 12.1. The number of benzene rings is 1. The molecule has 5 nitrogen and oxygen atoms in total. The average molecular weight is 278 g/mol. The fourth-order valence-corrected chi connectivity index (χ4v) is 1.64. The second-order valence-electron chi connectivity index (χ2n) is 3.87. The summed E-state index contributed by atoms with van der Waals surface area (Å²) in [7, 11) is 0. The van der Waals surface area contributed by atoms with Crippen LogP contribution in [0.5, 0.6) is 11.5 Å². The molecule has 3 N–H and O–H groups in total. The topological polar surface area (TPSA) is 80.7 Å². The first-order valence-electron chi connectivity index (χ1n) is 5.48. The number of aryl methyl sites for hydroxylation is 1. The van der Waals surface area contributed by atoms with Crippen molar-refractivity contribution in [3.8, 4) is 11.5 Å². The maximum absolute atomic E-state index is 8.61. The molecule has 98 valence electrons. The van der Waals surface area contributed by atoms with Gasteiger partial charge in [0, 0.05) is 17.3 Å². The van der Waals surface area contributed by atoms with Crippen molar-refractivity contribution in [1.82, 2.24) is 4.98 Å². The van der Waals surface area contributed by atoms with Crippen LogP contribution < -0.4 is 10.5 Å². The number of rotatable bonds is 3. The van der Waals surface area contributed by atoms with Gasteiger partial charge >= 0.3 is 0 Å². The van der Waals surface area contributed by atoms with E-state index in [0.717, 1.165) is 5.56 Å². The molecule has 0 fully saturated rings. The smallest absolute Gasteiger partial charge is 0.188 e. The molecule has 1 heterocycles. The third-order valence-electron chi connectivity index (χ3n) is 2.48. The zero-order valence-corrected chi connectivity index (χ0v) is 10.9. The minimum Gasteiger partial charge on any atom is -0.457 e. The predicted molar refractivity (Wildman–Crippen MR) is 73.0 cm³/mol. The summed E-state index contributed by atoms with van der Waals surface area (Å²) in [4.78, 5) is 3.97. The molecule has 0 aliphatic rings.